The predicted octanol–water partition coefficient (Wildman–Crippen LogP) is 4.22. The Labute approximate surface area is 137 Å². The number of benzene rings is 1. The molecule has 0 aromatic heterocycles. The van der Waals surface area contributed by atoms with E-state index in [1.807, 2.05) is 0 Å². The molecule has 1 aromatic carbocycles. The largest absolute Gasteiger partial charge is 0.508 e. The number of hydrogen-bond acceptors (Lipinski definition) is 5. The quantitative estimate of drug-likeness (QED) is 0.396. The van der Waals surface area contributed by atoms with Gasteiger partial charge in [0, 0.05) is 13.0 Å². The topological polar surface area (TPSA) is 72.8 Å². The maximum absolute atomic E-state index is 12.0. The minimum atomic E-state index is -0.559. The van der Waals surface area contributed by atoms with Crippen molar-refractivity contribution in [3.8, 4) is 11.5 Å². The highest BCUT2D eigenvalue weighted by Gasteiger charge is 2.16. The van der Waals surface area contributed by atoms with Gasteiger partial charge in [-0.2, -0.15) is 0 Å². The lowest BCUT2D eigenvalue weighted by Crippen LogP contribution is -2.11. The maximum Gasteiger partial charge on any atom is 0.341 e. The lowest BCUT2D eigenvalue weighted by Gasteiger charge is -2.09. The van der Waals surface area contributed by atoms with Gasteiger partial charge < -0.3 is 14.6 Å². The van der Waals surface area contributed by atoms with Crippen LogP contribution < -0.4 is 4.74 Å². The number of phenolic OH excluding ortho intramolecular Hbond substituents is 1. The molecule has 0 aliphatic carbocycles. The van der Waals surface area contributed by atoms with Crippen LogP contribution in [-0.2, 0) is 9.53 Å². The predicted molar refractivity (Wildman–Crippen MR) is 87.7 cm³/mol. The molecule has 1 N–H and O–H groups in total. The number of hydrogen-bond donors (Lipinski definition) is 1. The molecule has 0 radical (unpaired) electrons. The highest BCUT2D eigenvalue weighted by Crippen LogP contribution is 2.25. The molecular weight excluding hydrogens is 296 g/mol. The van der Waals surface area contributed by atoms with Gasteiger partial charge in [-0.1, -0.05) is 45.4 Å². The number of aromatic hydroxyl groups is 1. The van der Waals surface area contributed by atoms with Crippen molar-refractivity contribution in [3.63, 3.8) is 0 Å². The Hall–Kier alpha value is -2.04. The van der Waals surface area contributed by atoms with Crippen molar-refractivity contribution in [2.45, 2.75) is 58.8 Å². The summed E-state index contributed by atoms with van der Waals surface area (Å²) in [4.78, 5) is 23.1. The first-order valence-electron chi connectivity index (χ1n) is 8.23. The van der Waals surface area contributed by atoms with E-state index in [0.29, 0.717) is 6.61 Å². The van der Waals surface area contributed by atoms with Crippen LogP contribution in [0.3, 0.4) is 0 Å². The van der Waals surface area contributed by atoms with Crippen molar-refractivity contribution in [2.75, 3.05) is 6.61 Å². The molecule has 23 heavy (non-hydrogen) atoms. The molecule has 128 valence electrons. The van der Waals surface area contributed by atoms with Gasteiger partial charge in [-0.25, -0.2) is 4.79 Å². The van der Waals surface area contributed by atoms with E-state index in [-0.39, 0.29) is 17.1 Å². The number of carbonyl (C=O) groups excluding carboxylic acids is 2. The molecule has 0 unspecified atom stereocenters. The number of ether oxygens (including phenoxy) is 2. The summed E-state index contributed by atoms with van der Waals surface area (Å²) in [5.74, 6) is -1.17. The van der Waals surface area contributed by atoms with Crippen LogP contribution in [0.2, 0.25) is 0 Å². The van der Waals surface area contributed by atoms with E-state index in [1.165, 1.54) is 50.8 Å². The van der Waals surface area contributed by atoms with Crippen molar-refractivity contribution in [3.05, 3.63) is 23.8 Å². The Morgan fingerprint density at radius 2 is 1.70 bits per heavy atom. The Kier molecular flexibility index (Phi) is 8.80. The molecule has 0 saturated heterocycles. The van der Waals surface area contributed by atoms with Crippen molar-refractivity contribution < 1.29 is 24.2 Å². The van der Waals surface area contributed by atoms with Crippen molar-refractivity contribution >= 4 is 11.9 Å². The molecule has 5 nitrogen and oxygen atoms in total. The number of phenols is 1. The van der Waals surface area contributed by atoms with Crippen LogP contribution in [0.5, 0.6) is 11.5 Å². The van der Waals surface area contributed by atoms with Crippen LogP contribution in [0.25, 0.3) is 0 Å². The summed E-state index contributed by atoms with van der Waals surface area (Å²) in [5.41, 5.74) is 0.140. The van der Waals surface area contributed by atoms with Gasteiger partial charge in [-0.05, 0) is 18.6 Å². The highest BCUT2D eigenvalue weighted by atomic mass is 16.5. The average Bonchev–Trinajstić information content (AvgIpc) is 2.49. The summed E-state index contributed by atoms with van der Waals surface area (Å²) < 4.78 is 10.1. The number of rotatable bonds is 10. The van der Waals surface area contributed by atoms with Crippen LogP contribution in [0.1, 0.15) is 69.2 Å². The molecule has 0 aliphatic heterocycles. The minimum Gasteiger partial charge on any atom is -0.508 e. The normalized spacial score (nSPS) is 10.3. The lowest BCUT2D eigenvalue weighted by atomic mass is 10.1. The summed E-state index contributed by atoms with van der Waals surface area (Å²) in [6.07, 6.45) is 7.98. The molecule has 0 saturated carbocycles. The first kappa shape index (κ1) is 19.0. The fraction of sp³-hybridized carbons (Fsp3) is 0.556. The van der Waals surface area contributed by atoms with Gasteiger partial charge in [0.05, 0.1) is 6.61 Å². The molecule has 0 heterocycles. The van der Waals surface area contributed by atoms with Crippen LogP contribution in [0, 0.1) is 0 Å². The summed E-state index contributed by atoms with van der Waals surface area (Å²) in [5, 5.41) is 9.42. The fourth-order valence-corrected chi connectivity index (χ4v) is 2.22. The van der Waals surface area contributed by atoms with Crippen LogP contribution in [0.4, 0.5) is 0 Å². The van der Waals surface area contributed by atoms with Gasteiger partial charge in [-0.15, -0.1) is 0 Å². The van der Waals surface area contributed by atoms with Crippen LogP contribution in [-0.4, -0.2) is 23.7 Å². The van der Waals surface area contributed by atoms with Crippen molar-refractivity contribution in [1.29, 1.82) is 0 Å². The van der Waals surface area contributed by atoms with Gasteiger partial charge in [-0.3, -0.25) is 4.79 Å². The monoisotopic (exact) mass is 322 g/mol. The van der Waals surface area contributed by atoms with E-state index >= 15 is 0 Å². The smallest absolute Gasteiger partial charge is 0.341 e. The first-order valence-corrected chi connectivity index (χ1v) is 8.23. The van der Waals surface area contributed by atoms with Gasteiger partial charge in [0.1, 0.15) is 17.1 Å². The zero-order chi connectivity index (χ0) is 17.1. The Morgan fingerprint density at radius 3 is 2.35 bits per heavy atom. The number of carbonyl (C=O) groups is 2. The first-order chi connectivity index (χ1) is 11.0. The zero-order valence-electron chi connectivity index (χ0n) is 14.0. The second-order valence-electron chi connectivity index (χ2n) is 5.53. The lowest BCUT2D eigenvalue weighted by molar-refractivity contribution is -0.131. The minimum absolute atomic E-state index is 0.0158. The number of esters is 2. The Morgan fingerprint density at radius 1 is 1.04 bits per heavy atom. The van der Waals surface area contributed by atoms with E-state index in [9.17, 15) is 14.7 Å². The van der Waals surface area contributed by atoms with E-state index in [4.69, 9.17) is 9.47 Å². The summed E-state index contributed by atoms with van der Waals surface area (Å²) in [6.45, 7) is 3.76. The van der Waals surface area contributed by atoms with Gasteiger partial charge >= 0.3 is 11.9 Å². The van der Waals surface area contributed by atoms with Gasteiger partial charge in [0.15, 0.2) is 0 Å². The fourth-order valence-electron chi connectivity index (χ4n) is 2.22. The van der Waals surface area contributed by atoms with Crippen molar-refractivity contribution in [2.24, 2.45) is 0 Å². The van der Waals surface area contributed by atoms with E-state index in [1.54, 1.807) is 0 Å². The third-order valence-corrected chi connectivity index (χ3v) is 3.42. The summed E-state index contributed by atoms with van der Waals surface area (Å²) >= 11 is 0. The molecule has 0 fully saturated rings. The average molecular weight is 322 g/mol. The van der Waals surface area contributed by atoms with E-state index in [0.717, 1.165) is 19.3 Å². The Balaban J connectivity index is 2.38. The summed E-state index contributed by atoms with van der Waals surface area (Å²) in [7, 11) is 0. The molecule has 0 amide bonds. The van der Waals surface area contributed by atoms with Crippen molar-refractivity contribution in [1.82, 2.24) is 0 Å². The third kappa shape index (κ3) is 7.68. The van der Waals surface area contributed by atoms with Crippen LogP contribution in [0.15, 0.2) is 18.2 Å². The molecular formula is C18H26O5. The molecule has 5 heteroatoms. The zero-order valence-corrected chi connectivity index (χ0v) is 14.0. The highest BCUT2D eigenvalue weighted by molar-refractivity contribution is 5.93. The van der Waals surface area contributed by atoms with Gasteiger partial charge in [0.25, 0.3) is 0 Å². The molecule has 1 rings (SSSR count). The molecule has 0 aliphatic rings. The second-order valence-corrected chi connectivity index (χ2v) is 5.53. The molecule has 1 aromatic rings. The maximum atomic E-state index is 12.0. The third-order valence-electron chi connectivity index (χ3n) is 3.42. The molecule has 0 bridgehead atoms. The standard InChI is InChI=1S/C18H26O5/c1-3-4-5-6-7-8-9-12-22-18(21)16-11-10-15(20)13-17(16)23-14(2)19/h10-11,13,20H,3-9,12H2,1-2H3. The SMILES string of the molecule is CCCCCCCCCOC(=O)c1ccc(O)cc1OC(C)=O. The van der Waals surface area contributed by atoms with E-state index in [2.05, 4.69) is 6.92 Å². The summed E-state index contributed by atoms with van der Waals surface area (Å²) in [6, 6.07) is 3.98. The number of unbranched alkanes of at least 4 members (excludes halogenated alkanes) is 6. The van der Waals surface area contributed by atoms with E-state index < -0.39 is 11.9 Å². The van der Waals surface area contributed by atoms with Crippen LogP contribution >= 0.6 is 0 Å². The Bertz CT molecular complexity index is 510. The van der Waals surface area contributed by atoms with Gasteiger partial charge in [0.2, 0.25) is 0 Å². The second kappa shape index (κ2) is 10.6. The molecule has 0 atom stereocenters. The molecule has 0 spiro atoms.